The van der Waals surface area contributed by atoms with Crippen molar-refractivity contribution in [1.82, 2.24) is 10.6 Å². The van der Waals surface area contributed by atoms with Crippen LogP contribution in [0.4, 0.5) is 0 Å². The minimum atomic E-state index is 0. The van der Waals surface area contributed by atoms with Crippen LogP contribution < -0.4 is 10.6 Å². The molecule has 1 atom stereocenters. The first-order valence-electron chi connectivity index (χ1n) is 5.38. The number of rotatable bonds is 4. The van der Waals surface area contributed by atoms with E-state index in [1.807, 2.05) is 0 Å². The van der Waals surface area contributed by atoms with Gasteiger partial charge in [-0.3, -0.25) is 4.79 Å². The fraction of sp³-hybridized carbons (Fsp3) is 0.545. The molecule has 2 rings (SSSR count). The number of carbonyl (C=O) groups is 1. The van der Waals surface area contributed by atoms with E-state index < -0.39 is 0 Å². The molecule has 0 aliphatic carbocycles. The summed E-state index contributed by atoms with van der Waals surface area (Å²) >= 11 is 1.70. The molecule has 0 saturated carbocycles. The van der Waals surface area contributed by atoms with Gasteiger partial charge in [0, 0.05) is 6.54 Å². The molecular formula is C11H17ClN2OS. The maximum Gasteiger partial charge on any atom is 0.237 e. The first-order valence-corrected chi connectivity index (χ1v) is 6.33. The van der Waals surface area contributed by atoms with Crippen LogP contribution in [-0.4, -0.2) is 25.0 Å². The predicted octanol–water partition coefficient (Wildman–Crippen LogP) is 1.58. The highest BCUT2D eigenvalue weighted by molar-refractivity contribution is 7.07. The van der Waals surface area contributed by atoms with Gasteiger partial charge in [0.15, 0.2) is 0 Å². The van der Waals surface area contributed by atoms with E-state index in [0.29, 0.717) is 0 Å². The van der Waals surface area contributed by atoms with Crippen molar-refractivity contribution < 1.29 is 4.79 Å². The van der Waals surface area contributed by atoms with E-state index in [2.05, 4.69) is 27.5 Å². The SMILES string of the molecule is Cl.O=C(NCCc1ccsc1)[C@@H]1CCCN1. The van der Waals surface area contributed by atoms with Crippen molar-refractivity contribution in [2.75, 3.05) is 13.1 Å². The maximum absolute atomic E-state index is 11.6. The molecule has 2 N–H and O–H groups in total. The van der Waals surface area contributed by atoms with Crippen LogP contribution in [0, 0.1) is 0 Å². The van der Waals surface area contributed by atoms with E-state index in [9.17, 15) is 4.79 Å². The standard InChI is InChI=1S/C11H16N2OS.ClH/c14-11(10-2-1-5-12-10)13-6-3-9-4-7-15-8-9;/h4,7-8,10,12H,1-3,5-6H2,(H,13,14);1H/t10-;/m0./s1. The Labute approximate surface area is 106 Å². The van der Waals surface area contributed by atoms with Crippen molar-refractivity contribution in [3.8, 4) is 0 Å². The Morgan fingerprint density at radius 3 is 3.12 bits per heavy atom. The zero-order chi connectivity index (χ0) is 10.5. The topological polar surface area (TPSA) is 41.1 Å². The van der Waals surface area contributed by atoms with Gasteiger partial charge in [-0.05, 0) is 48.2 Å². The highest BCUT2D eigenvalue weighted by Crippen LogP contribution is 2.07. The Morgan fingerprint density at radius 2 is 2.50 bits per heavy atom. The van der Waals surface area contributed by atoms with Crippen LogP contribution in [0.2, 0.25) is 0 Å². The second kappa shape index (κ2) is 6.89. The summed E-state index contributed by atoms with van der Waals surface area (Å²) in [6.45, 7) is 1.72. The lowest BCUT2D eigenvalue weighted by molar-refractivity contribution is -0.122. The van der Waals surface area contributed by atoms with Gasteiger partial charge in [0.1, 0.15) is 0 Å². The quantitative estimate of drug-likeness (QED) is 0.863. The largest absolute Gasteiger partial charge is 0.354 e. The van der Waals surface area contributed by atoms with E-state index in [1.54, 1.807) is 11.3 Å². The van der Waals surface area contributed by atoms with Crippen molar-refractivity contribution in [2.45, 2.75) is 25.3 Å². The van der Waals surface area contributed by atoms with Crippen LogP contribution >= 0.6 is 23.7 Å². The van der Waals surface area contributed by atoms with Gasteiger partial charge in [-0.15, -0.1) is 12.4 Å². The summed E-state index contributed by atoms with van der Waals surface area (Å²) in [6.07, 6.45) is 3.02. The third-order valence-electron chi connectivity index (χ3n) is 2.67. The van der Waals surface area contributed by atoms with Crippen molar-refractivity contribution in [3.63, 3.8) is 0 Å². The predicted molar refractivity (Wildman–Crippen MR) is 69.3 cm³/mol. The zero-order valence-corrected chi connectivity index (χ0v) is 10.7. The molecule has 0 radical (unpaired) electrons. The van der Waals surface area contributed by atoms with E-state index in [-0.39, 0.29) is 24.4 Å². The molecule has 0 bridgehead atoms. The Balaban J connectivity index is 0.00000128. The number of carbonyl (C=O) groups excluding carboxylic acids is 1. The summed E-state index contributed by atoms with van der Waals surface area (Å²) in [6, 6.07) is 2.15. The lowest BCUT2D eigenvalue weighted by atomic mass is 10.2. The molecule has 16 heavy (non-hydrogen) atoms. The van der Waals surface area contributed by atoms with Gasteiger partial charge in [-0.25, -0.2) is 0 Å². The summed E-state index contributed by atoms with van der Waals surface area (Å²) < 4.78 is 0. The van der Waals surface area contributed by atoms with Crippen molar-refractivity contribution >= 4 is 29.7 Å². The Hall–Kier alpha value is -0.580. The van der Waals surface area contributed by atoms with Crippen LogP contribution in [0.15, 0.2) is 16.8 Å². The molecule has 0 aromatic carbocycles. The smallest absolute Gasteiger partial charge is 0.237 e. The Morgan fingerprint density at radius 1 is 1.62 bits per heavy atom. The van der Waals surface area contributed by atoms with Crippen LogP contribution in [0.3, 0.4) is 0 Å². The zero-order valence-electron chi connectivity index (χ0n) is 9.07. The van der Waals surface area contributed by atoms with E-state index >= 15 is 0 Å². The normalized spacial score (nSPS) is 19.1. The van der Waals surface area contributed by atoms with E-state index in [4.69, 9.17) is 0 Å². The molecule has 90 valence electrons. The summed E-state index contributed by atoms with van der Waals surface area (Å²) in [5.74, 6) is 0.155. The second-order valence-electron chi connectivity index (χ2n) is 3.82. The van der Waals surface area contributed by atoms with E-state index in [0.717, 1.165) is 32.4 Å². The van der Waals surface area contributed by atoms with Crippen LogP contribution in [0.1, 0.15) is 18.4 Å². The number of hydrogen-bond acceptors (Lipinski definition) is 3. The van der Waals surface area contributed by atoms with Crippen LogP contribution in [0.25, 0.3) is 0 Å². The van der Waals surface area contributed by atoms with E-state index in [1.165, 1.54) is 5.56 Å². The molecular weight excluding hydrogens is 244 g/mol. The first kappa shape index (κ1) is 13.5. The molecule has 1 aromatic heterocycles. The van der Waals surface area contributed by atoms with Crippen molar-refractivity contribution in [2.24, 2.45) is 0 Å². The summed E-state index contributed by atoms with van der Waals surface area (Å²) in [7, 11) is 0. The Bertz CT molecular complexity index is 310. The number of nitrogens with one attached hydrogen (secondary N) is 2. The van der Waals surface area contributed by atoms with Gasteiger partial charge in [-0.1, -0.05) is 0 Å². The molecule has 1 aliphatic heterocycles. The van der Waals surface area contributed by atoms with Gasteiger partial charge in [-0.2, -0.15) is 11.3 Å². The molecule has 0 spiro atoms. The minimum Gasteiger partial charge on any atom is -0.354 e. The minimum absolute atomic E-state index is 0. The molecule has 1 saturated heterocycles. The molecule has 1 amide bonds. The first-order chi connectivity index (χ1) is 7.36. The highest BCUT2D eigenvalue weighted by Gasteiger charge is 2.20. The van der Waals surface area contributed by atoms with Gasteiger partial charge >= 0.3 is 0 Å². The maximum atomic E-state index is 11.6. The number of amides is 1. The summed E-state index contributed by atoms with van der Waals surface area (Å²) in [5, 5.41) is 10.3. The van der Waals surface area contributed by atoms with Crippen molar-refractivity contribution in [3.05, 3.63) is 22.4 Å². The molecule has 1 aromatic rings. The number of thiophene rings is 1. The molecule has 0 unspecified atom stereocenters. The van der Waals surface area contributed by atoms with Gasteiger partial charge in [0.05, 0.1) is 6.04 Å². The van der Waals surface area contributed by atoms with Crippen LogP contribution in [0.5, 0.6) is 0 Å². The molecule has 1 aliphatic rings. The molecule has 3 nitrogen and oxygen atoms in total. The molecule has 1 fully saturated rings. The highest BCUT2D eigenvalue weighted by atomic mass is 35.5. The summed E-state index contributed by atoms with van der Waals surface area (Å²) in [5.41, 5.74) is 1.31. The fourth-order valence-corrected chi connectivity index (χ4v) is 2.50. The average molecular weight is 261 g/mol. The van der Waals surface area contributed by atoms with Crippen molar-refractivity contribution in [1.29, 1.82) is 0 Å². The molecule has 2 heterocycles. The lowest BCUT2D eigenvalue weighted by Gasteiger charge is -2.10. The average Bonchev–Trinajstić information content (AvgIpc) is 2.90. The Kier molecular flexibility index (Phi) is 5.80. The van der Waals surface area contributed by atoms with Gasteiger partial charge in [0.25, 0.3) is 0 Å². The third-order valence-corrected chi connectivity index (χ3v) is 3.40. The number of hydrogen-bond donors (Lipinski definition) is 2. The van der Waals surface area contributed by atoms with Gasteiger partial charge in [0.2, 0.25) is 5.91 Å². The fourth-order valence-electron chi connectivity index (χ4n) is 1.80. The third kappa shape index (κ3) is 3.77. The lowest BCUT2D eigenvalue weighted by Crippen LogP contribution is -2.41. The summed E-state index contributed by atoms with van der Waals surface area (Å²) in [4.78, 5) is 11.6. The van der Waals surface area contributed by atoms with Crippen LogP contribution in [-0.2, 0) is 11.2 Å². The number of halogens is 1. The second-order valence-corrected chi connectivity index (χ2v) is 4.60. The van der Waals surface area contributed by atoms with Gasteiger partial charge < -0.3 is 10.6 Å². The molecule has 5 heteroatoms. The monoisotopic (exact) mass is 260 g/mol.